The molecule has 1 aromatic carbocycles. The van der Waals surface area contributed by atoms with Crippen LogP contribution in [0.25, 0.3) is 0 Å². The van der Waals surface area contributed by atoms with Crippen molar-refractivity contribution < 1.29 is 14.3 Å². The zero-order valence-electron chi connectivity index (χ0n) is 12.8. The molecule has 0 spiro atoms. The fourth-order valence-electron chi connectivity index (χ4n) is 2.75. The summed E-state index contributed by atoms with van der Waals surface area (Å²) in [6.07, 6.45) is 5.32. The van der Waals surface area contributed by atoms with E-state index in [1.807, 2.05) is 19.1 Å². The number of unbranched alkanes of at least 4 members (excludes halogenated alkanes) is 2. The van der Waals surface area contributed by atoms with Crippen molar-refractivity contribution >= 4 is 5.97 Å². The summed E-state index contributed by atoms with van der Waals surface area (Å²) >= 11 is 0. The van der Waals surface area contributed by atoms with Gasteiger partial charge in [0, 0.05) is 12.5 Å². The van der Waals surface area contributed by atoms with Crippen LogP contribution in [0.3, 0.4) is 0 Å². The molecule has 0 saturated carbocycles. The predicted octanol–water partition coefficient (Wildman–Crippen LogP) is 3.13. The van der Waals surface area contributed by atoms with E-state index in [2.05, 4.69) is 6.07 Å². The maximum absolute atomic E-state index is 11.2. The summed E-state index contributed by atoms with van der Waals surface area (Å²) in [6, 6.07) is 6.29. The summed E-state index contributed by atoms with van der Waals surface area (Å²) in [4.78, 5) is 11.2. The average molecular weight is 291 g/mol. The van der Waals surface area contributed by atoms with Gasteiger partial charge in [-0.3, -0.25) is 4.79 Å². The number of hydrogen-bond donors (Lipinski definition) is 1. The van der Waals surface area contributed by atoms with Crippen LogP contribution in [0.2, 0.25) is 0 Å². The lowest BCUT2D eigenvalue weighted by atomic mass is 10.1. The van der Waals surface area contributed by atoms with Crippen LogP contribution >= 0.6 is 0 Å². The summed E-state index contributed by atoms with van der Waals surface area (Å²) in [7, 11) is 0. The van der Waals surface area contributed by atoms with Gasteiger partial charge in [0.15, 0.2) is 0 Å². The monoisotopic (exact) mass is 291 g/mol. The highest BCUT2D eigenvalue weighted by Crippen LogP contribution is 2.35. The number of nitrogens with two attached hydrogens (primary N) is 1. The van der Waals surface area contributed by atoms with Crippen molar-refractivity contribution in [1.29, 1.82) is 0 Å². The van der Waals surface area contributed by atoms with E-state index in [-0.39, 0.29) is 12.0 Å². The number of ether oxygens (including phenoxy) is 2. The van der Waals surface area contributed by atoms with E-state index in [1.54, 1.807) is 0 Å². The third-order valence-electron chi connectivity index (χ3n) is 3.86. The number of hydrogen-bond acceptors (Lipinski definition) is 4. The van der Waals surface area contributed by atoms with E-state index >= 15 is 0 Å². The second-order valence-electron chi connectivity index (χ2n) is 5.43. The molecule has 0 bridgehead atoms. The molecule has 0 heterocycles. The van der Waals surface area contributed by atoms with Gasteiger partial charge in [0.2, 0.25) is 0 Å². The van der Waals surface area contributed by atoms with Gasteiger partial charge in [0.25, 0.3) is 0 Å². The van der Waals surface area contributed by atoms with Crippen LogP contribution in [0.5, 0.6) is 5.75 Å². The van der Waals surface area contributed by atoms with Crippen LogP contribution in [0.15, 0.2) is 18.2 Å². The number of fused-ring (bicyclic) bond motifs is 1. The van der Waals surface area contributed by atoms with E-state index in [1.165, 1.54) is 11.1 Å². The fourth-order valence-corrected chi connectivity index (χ4v) is 2.75. The normalized spacial score (nSPS) is 16.6. The zero-order chi connectivity index (χ0) is 15.1. The van der Waals surface area contributed by atoms with E-state index in [9.17, 15) is 4.79 Å². The van der Waals surface area contributed by atoms with Gasteiger partial charge in [-0.15, -0.1) is 0 Å². The second kappa shape index (κ2) is 8.03. The van der Waals surface area contributed by atoms with E-state index in [4.69, 9.17) is 15.2 Å². The highest BCUT2D eigenvalue weighted by Gasteiger charge is 2.21. The Labute approximate surface area is 126 Å². The molecule has 21 heavy (non-hydrogen) atoms. The quantitative estimate of drug-likeness (QED) is 0.590. The minimum absolute atomic E-state index is 0.103. The van der Waals surface area contributed by atoms with Crippen molar-refractivity contribution in [2.75, 3.05) is 13.2 Å². The first-order valence-electron chi connectivity index (χ1n) is 7.88. The van der Waals surface area contributed by atoms with Crippen molar-refractivity contribution in [2.45, 2.75) is 51.5 Å². The number of carbonyl (C=O) groups is 1. The molecule has 1 aliphatic rings. The lowest BCUT2D eigenvalue weighted by Gasteiger charge is -2.11. The summed E-state index contributed by atoms with van der Waals surface area (Å²) in [5.74, 6) is 0.874. The SMILES string of the molecule is CCOC(=O)CCCCCOc1cccc2c1CCC2N. The summed E-state index contributed by atoms with van der Waals surface area (Å²) in [5.41, 5.74) is 8.57. The molecule has 1 atom stereocenters. The molecule has 2 N–H and O–H groups in total. The van der Waals surface area contributed by atoms with Crippen molar-refractivity contribution in [3.05, 3.63) is 29.3 Å². The first kappa shape index (κ1) is 15.8. The van der Waals surface area contributed by atoms with Crippen LogP contribution in [0.1, 0.15) is 56.2 Å². The Hall–Kier alpha value is -1.55. The van der Waals surface area contributed by atoms with Crippen molar-refractivity contribution in [2.24, 2.45) is 5.73 Å². The summed E-state index contributed by atoms with van der Waals surface area (Å²) < 4.78 is 10.8. The topological polar surface area (TPSA) is 61.5 Å². The Bertz CT molecular complexity index is 473. The molecule has 0 amide bonds. The highest BCUT2D eigenvalue weighted by molar-refractivity contribution is 5.69. The molecular formula is C17H25NO3. The lowest BCUT2D eigenvalue weighted by Crippen LogP contribution is -2.06. The molecule has 4 nitrogen and oxygen atoms in total. The van der Waals surface area contributed by atoms with Crippen LogP contribution in [0.4, 0.5) is 0 Å². The number of rotatable bonds is 8. The molecule has 1 unspecified atom stereocenters. The molecule has 0 saturated heterocycles. The molecule has 0 aromatic heterocycles. The zero-order valence-corrected chi connectivity index (χ0v) is 12.8. The largest absolute Gasteiger partial charge is 0.493 e. The minimum atomic E-state index is -0.103. The molecular weight excluding hydrogens is 266 g/mol. The standard InChI is InChI=1S/C17H25NO3/c1-2-20-17(19)9-4-3-5-12-21-16-8-6-7-13-14(16)10-11-15(13)18/h6-8,15H,2-5,9-12,18H2,1H3. The highest BCUT2D eigenvalue weighted by atomic mass is 16.5. The number of esters is 1. The summed E-state index contributed by atoms with van der Waals surface area (Å²) in [5, 5.41) is 0. The third-order valence-corrected chi connectivity index (χ3v) is 3.86. The first-order chi connectivity index (χ1) is 10.2. The van der Waals surface area contributed by atoms with Crippen LogP contribution in [0, 0.1) is 0 Å². The van der Waals surface area contributed by atoms with Crippen molar-refractivity contribution in [1.82, 2.24) is 0 Å². The Balaban J connectivity index is 1.67. The van der Waals surface area contributed by atoms with Crippen LogP contribution < -0.4 is 10.5 Å². The maximum Gasteiger partial charge on any atom is 0.305 e. The minimum Gasteiger partial charge on any atom is -0.493 e. The van der Waals surface area contributed by atoms with Crippen LogP contribution in [-0.4, -0.2) is 19.2 Å². The van der Waals surface area contributed by atoms with Gasteiger partial charge in [-0.05, 0) is 56.2 Å². The number of carbonyl (C=O) groups excluding carboxylic acids is 1. The van der Waals surface area contributed by atoms with Crippen molar-refractivity contribution in [3.8, 4) is 5.75 Å². The van der Waals surface area contributed by atoms with Gasteiger partial charge in [-0.25, -0.2) is 0 Å². The molecule has 116 valence electrons. The van der Waals surface area contributed by atoms with E-state index in [0.29, 0.717) is 19.6 Å². The van der Waals surface area contributed by atoms with Crippen molar-refractivity contribution in [3.63, 3.8) is 0 Å². The fraction of sp³-hybridized carbons (Fsp3) is 0.588. The smallest absolute Gasteiger partial charge is 0.305 e. The van der Waals surface area contributed by atoms with E-state index in [0.717, 1.165) is 37.9 Å². The molecule has 2 rings (SSSR count). The average Bonchev–Trinajstić information content (AvgIpc) is 2.85. The summed E-state index contributed by atoms with van der Waals surface area (Å²) in [6.45, 7) is 2.98. The van der Waals surface area contributed by atoms with Gasteiger partial charge in [-0.1, -0.05) is 12.1 Å². The Morgan fingerprint density at radius 1 is 1.33 bits per heavy atom. The molecule has 4 heteroatoms. The Morgan fingerprint density at radius 2 is 2.19 bits per heavy atom. The molecule has 1 aliphatic carbocycles. The Morgan fingerprint density at radius 3 is 3.00 bits per heavy atom. The lowest BCUT2D eigenvalue weighted by molar-refractivity contribution is -0.143. The molecule has 1 aromatic rings. The van der Waals surface area contributed by atoms with E-state index < -0.39 is 0 Å². The van der Waals surface area contributed by atoms with Gasteiger partial charge < -0.3 is 15.2 Å². The Kier molecular flexibility index (Phi) is 6.05. The van der Waals surface area contributed by atoms with Gasteiger partial charge in [-0.2, -0.15) is 0 Å². The third kappa shape index (κ3) is 4.46. The maximum atomic E-state index is 11.2. The van der Waals surface area contributed by atoms with Gasteiger partial charge in [0.1, 0.15) is 5.75 Å². The molecule has 0 radical (unpaired) electrons. The molecule has 0 aliphatic heterocycles. The van der Waals surface area contributed by atoms with Crippen LogP contribution in [-0.2, 0) is 16.0 Å². The first-order valence-corrected chi connectivity index (χ1v) is 7.88. The number of benzene rings is 1. The molecule has 0 fully saturated rings. The predicted molar refractivity (Wildman–Crippen MR) is 82.3 cm³/mol. The van der Waals surface area contributed by atoms with Gasteiger partial charge >= 0.3 is 5.97 Å². The van der Waals surface area contributed by atoms with Gasteiger partial charge in [0.05, 0.1) is 13.2 Å². The second-order valence-corrected chi connectivity index (χ2v) is 5.43.